The zero-order valence-electron chi connectivity index (χ0n) is 15.1. The van der Waals surface area contributed by atoms with Gasteiger partial charge in [-0.25, -0.2) is 14.6 Å². The molecule has 9 heteroatoms. The summed E-state index contributed by atoms with van der Waals surface area (Å²) in [4.78, 5) is 30.1. The van der Waals surface area contributed by atoms with Crippen molar-refractivity contribution in [2.24, 2.45) is 0 Å². The fourth-order valence-corrected chi connectivity index (χ4v) is 3.10. The van der Waals surface area contributed by atoms with Crippen LogP contribution >= 0.6 is 11.6 Å². The smallest absolute Gasteiger partial charge is 0.355 e. The van der Waals surface area contributed by atoms with E-state index < -0.39 is 11.9 Å². The third kappa shape index (κ3) is 3.54. The Kier molecular flexibility index (Phi) is 5.48. The van der Waals surface area contributed by atoms with Crippen LogP contribution in [0.5, 0.6) is 0 Å². The number of hydrogen-bond donors (Lipinski definition) is 0. The van der Waals surface area contributed by atoms with E-state index in [1.807, 2.05) is 11.5 Å². The van der Waals surface area contributed by atoms with Crippen LogP contribution in [0.25, 0.3) is 5.69 Å². The molecule has 8 nitrogen and oxygen atoms in total. The number of anilines is 1. The zero-order valence-corrected chi connectivity index (χ0v) is 15.8. The van der Waals surface area contributed by atoms with Gasteiger partial charge >= 0.3 is 11.9 Å². The molecule has 27 heavy (non-hydrogen) atoms. The number of aryl methyl sites for hydroxylation is 1. The van der Waals surface area contributed by atoms with Gasteiger partial charge in [-0.3, -0.25) is 0 Å². The Labute approximate surface area is 160 Å². The quantitative estimate of drug-likeness (QED) is 0.739. The van der Waals surface area contributed by atoms with E-state index in [0.29, 0.717) is 10.7 Å². The molecule has 1 aliphatic heterocycles. The number of carbonyl (C=O) groups is 2. The number of aromatic nitrogens is 2. The van der Waals surface area contributed by atoms with E-state index in [1.165, 1.54) is 19.1 Å². The Morgan fingerprint density at radius 3 is 2.56 bits per heavy atom. The van der Waals surface area contributed by atoms with Crippen LogP contribution in [0.3, 0.4) is 0 Å². The summed E-state index contributed by atoms with van der Waals surface area (Å²) in [5.41, 5.74) is 1.47. The van der Waals surface area contributed by atoms with Crippen molar-refractivity contribution in [1.82, 2.24) is 9.55 Å². The maximum atomic E-state index is 12.3. The van der Waals surface area contributed by atoms with Crippen molar-refractivity contribution in [3.63, 3.8) is 0 Å². The Morgan fingerprint density at radius 2 is 1.96 bits per heavy atom. The fourth-order valence-electron chi connectivity index (χ4n) is 2.84. The molecule has 0 fully saturated rings. The van der Waals surface area contributed by atoms with Gasteiger partial charge in [-0.1, -0.05) is 11.6 Å². The lowest BCUT2D eigenvalue weighted by Crippen LogP contribution is -2.38. The zero-order chi connectivity index (χ0) is 19.6. The van der Waals surface area contributed by atoms with Crippen LogP contribution in [0.1, 0.15) is 5.82 Å². The van der Waals surface area contributed by atoms with Crippen LogP contribution in [0.15, 0.2) is 41.9 Å². The maximum Gasteiger partial charge on any atom is 0.355 e. The Balaban J connectivity index is 2.06. The summed E-state index contributed by atoms with van der Waals surface area (Å²) >= 11 is 6.46. The predicted molar refractivity (Wildman–Crippen MR) is 97.7 cm³/mol. The van der Waals surface area contributed by atoms with Gasteiger partial charge in [0, 0.05) is 18.1 Å². The molecule has 0 amide bonds. The molecule has 1 aromatic carbocycles. The topological polar surface area (TPSA) is 82.9 Å². The summed E-state index contributed by atoms with van der Waals surface area (Å²) in [7, 11) is 2.48. The molecule has 3 rings (SSSR count). The van der Waals surface area contributed by atoms with Crippen molar-refractivity contribution in [3.05, 3.63) is 52.7 Å². The number of halogens is 1. The Bertz CT molecular complexity index is 921. The molecular weight excluding hydrogens is 374 g/mol. The molecule has 2 heterocycles. The monoisotopic (exact) mass is 391 g/mol. The Morgan fingerprint density at radius 1 is 1.22 bits per heavy atom. The number of hydrogen-bond acceptors (Lipinski definition) is 7. The van der Waals surface area contributed by atoms with Gasteiger partial charge in [0.15, 0.2) is 0 Å². The van der Waals surface area contributed by atoms with E-state index in [4.69, 9.17) is 25.8 Å². The minimum absolute atomic E-state index is 0.0480. The molecular formula is C18H18ClN3O5. The average molecular weight is 392 g/mol. The second-order valence-electron chi connectivity index (χ2n) is 5.70. The molecule has 0 saturated heterocycles. The number of carbonyl (C=O) groups excluding carboxylic acids is 2. The maximum absolute atomic E-state index is 12.3. The van der Waals surface area contributed by atoms with Gasteiger partial charge in [0.1, 0.15) is 18.3 Å². The highest BCUT2D eigenvalue weighted by Gasteiger charge is 2.32. The summed E-state index contributed by atoms with van der Waals surface area (Å²) < 4.78 is 16.9. The van der Waals surface area contributed by atoms with Crippen LogP contribution in [-0.4, -0.2) is 49.0 Å². The minimum atomic E-state index is -0.663. The van der Waals surface area contributed by atoms with Gasteiger partial charge in [-0.05, 0) is 25.1 Å². The van der Waals surface area contributed by atoms with Gasteiger partial charge in [-0.15, -0.1) is 0 Å². The number of nitrogens with zero attached hydrogens (tertiary/aromatic N) is 3. The summed E-state index contributed by atoms with van der Waals surface area (Å²) in [6.07, 6.45) is 3.48. The second-order valence-corrected chi connectivity index (χ2v) is 6.10. The van der Waals surface area contributed by atoms with Crippen molar-refractivity contribution in [2.45, 2.75) is 6.92 Å². The third-order valence-corrected chi connectivity index (χ3v) is 4.46. The molecule has 0 atom stereocenters. The van der Waals surface area contributed by atoms with Crippen LogP contribution in [0.4, 0.5) is 5.69 Å². The molecule has 1 aromatic heterocycles. The van der Waals surface area contributed by atoms with Crippen LogP contribution < -0.4 is 4.90 Å². The lowest BCUT2D eigenvalue weighted by molar-refractivity contribution is -0.140. The van der Waals surface area contributed by atoms with Crippen LogP contribution in [0.2, 0.25) is 5.02 Å². The second kappa shape index (κ2) is 7.81. The van der Waals surface area contributed by atoms with Crippen molar-refractivity contribution < 1.29 is 23.8 Å². The summed E-state index contributed by atoms with van der Waals surface area (Å²) in [6.45, 7) is 1.88. The largest absolute Gasteiger partial charge is 0.466 e. The van der Waals surface area contributed by atoms with Gasteiger partial charge in [-0.2, -0.15) is 0 Å². The first-order chi connectivity index (χ1) is 13.0. The normalized spacial score (nSPS) is 14.3. The highest BCUT2D eigenvalue weighted by atomic mass is 35.5. The average Bonchev–Trinajstić information content (AvgIpc) is 3.11. The first-order valence-electron chi connectivity index (χ1n) is 8.02. The molecule has 0 spiro atoms. The summed E-state index contributed by atoms with van der Waals surface area (Å²) in [6, 6.07) is 5.25. The van der Waals surface area contributed by atoms with Crippen molar-refractivity contribution >= 4 is 29.2 Å². The molecule has 0 aliphatic carbocycles. The lowest BCUT2D eigenvalue weighted by atomic mass is 10.1. The highest BCUT2D eigenvalue weighted by molar-refractivity contribution is 6.32. The molecule has 1 aliphatic rings. The lowest BCUT2D eigenvalue weighted by Gasteiger charge is -2.31. The van der Waals surface area contributed by atoms with E-state index in [2.05, 4.69) is 4.98 Å². The van der Waals surface area contributed by atoms with E-state index in [-0.39, 0.29) is 24.6 Å². The Hall–Kier alpha value is -2.84. The van der Waals surface area contributed by atoms with Crippen molar-refractivity contribution in [3.8, 4) is 5.69 Å². The van der Waals surface area contributed by atoms with Gasteiger partial charge in [0.05, 0.1) is 37.1 Å². The number of ether oxygens (including phenoxy) is 3. The predicted octanol–water partition coefficient (Wildman–Crippen LogP) is 2.23. The first kappa shape index (κ1) is 18.9. The number of imidazole rings is 1. The number of esters is 2. The van der Waals surface area contributed by atoms with E-state index >= 15 is 0 Å². The summed E-state index contributed by atoms with van der Waals surface area (Å²) in [5, 5.41) is 0.447. The van der Waals surface area contributed by atoms with E-state index in [1.54, 1.807) is 30.6 Å². The molecule has 0 saturated carbocycles. The fraction of sp³-hybridized carbons (Fsp3) is 0.278. The molecule has 0 unspecified atom stereocenters. The minimum Gasteiger partial charge on any atom is -0.466 e. The third-order valence-electron chi connectivity index (χ3n) is 4.16. The molecule has 0 radical (unpaired) electrons. The highest BCUT2D eigenvalue weighted by Crippen LogP contribution is 2.31. The summed E-state index contributed by atoms with van der Waals surface area (Å²) in [5.74, 6) is -0.532. The standard InChI is InChI=1S/C18H18ClN3O5/c1-11-20-6-7-21(11)15-5-4-12(8-14(15)19)22-10-27-9-13(17(23)25-2)16(22)18(24)26-3/h4-8H,9-10H2,1-3H3. The molecule has 142 valence electrons. The van der Waals surface area contributed by atoms with Crippen LogP contribution in [0, 0.1) is 6.92 Å². The number of benzene rings is 1. The van der Waals surface area contributed by atoms with Crippen molar-refractivity contribution in [1.29, 1.82) is 0 Å². The molecule has 0 N–H and O–H groups in total. The SMILES string of the molecule is COC(=O)C1=C(C(=O)OC)N(c2ccc(-n3ccnc3C)c(Cl)c2)COC1. The number of rotatable bonds is 4. The molecule has 2 aromatic rings. The number of methoxy groups -OCH3 is 2. The van der Waals surface area contributed by atoms with Gasteiger partial charge < -0.3 is 23.7 Å². The van der Waals surface area contributed by atoms with Gasteiger partial charge in [0.2, 0.25) is 0 Å². The van der Waals surface area contributed by atoms with E-state index in [9.17, 15) is 9.59 Å². The first-order valence-corrected chi connectivity index (χ1v) is 8.40. The van der Waals surface area contributed by atoms with E-state index in [0.717, 1.165) is 11.5 Å². The van der Waals surface area contributed by atoms with Gasteiger partial charge in [0.25, 0.3) is 0 Å². The van der Waals surface area contributed by atoms with Crippen molar-refractivity contribution in [2.75, 3.05) is 32.5 Å². The molecule has 0 bridgehead atoms. The van der Waals surface area contributed by atoms with Crippen LogP contribution in [-0.2, 0) is 23.8 Å².